The quantitative estimate of drug-likeness (QED) is 0.0205. The number of nitrogens with one attached hydrogen (secondary N) is 2. The van der Waals surface area contributed by atoms with Crippen molar-refractivity contribution in [3.63, 3.8) is 0 Å². The van der Waals surface area contributed by atoms with Gasteiger partial charge in [-0.15, -0.1) is 0 Å². The van der Waals surface area contributed by atoms with Crippen LogP contribution in [0, 0.1) is 22.2 Å². The Morgan fingerprint density at radius 1 is 0.731 bits per heavy atom. The number of nitrogens with two attached hydrogens (primary N) is 7. The topological polar surface area (TPSA) is 323 Å². The third-order valence-electron chi connectivity index (χ3n) is 12.9. The fourth-order valence-corrected chi connectivity index (χ4v) is 8.55. The Morgan fingerprint density at radius 3 is 1.84 bits per heavy atom. The lowest BCUT2D eigenvalue weighted by molar-refractivity contribution is -0.151. The smallest absolute Gasteiger partial charge is 0.252 e. The molecule has 0 saturated carbocycles. The van der Waals surface area contributed by atoms with Crippen molar-refractivity contribution in [2.24, 2.45) is 72.3 Å². The SMILES string of the molecule is CC(C)(C)c1cccc2c(C[C@H](N)C(=O)N(CC(CCC(C=O)(C(=O)[C@@H](N)CCCN=C(N)N)C(C)(C)C)C(C)(C)C)C(=O)[C@H](Cc3ccccc3)NC(=O)[C@@H](N)CCCN=C(N)N)c[nH]c12. The molecule has 1 aromatic heterocycles. The maximum atomic E-state index is 15.3. The third kappa shape index (κ3) is 15.4. The molecule has 0 saturated heterocycles. The summed E-state index contributed by atoms with van der Waals surface area (Å²) in [6, 6.07) is 10.7. The standard InChI is InChI=1S/C50H80N12O5/c1-47(2,3)33(22-23-50(30-63,49(7,8)9)41(64)36(51)20-14-24-58-45(54)55)29-62(43(66)38(53)27-32-28-60-40-34(32)18-13-19-35(40)48(4,5)6)44(67)39(26-31-16-11-10-12-17-31)61-42(65)37(52)21-15-25-59-46(56)57/h10-13,16-19,28,30,33,36-39,60H,14-15,20-27,29,51-53H2,1-9H3,(H,61,65)(H4,54,55,58)(H4,56,57,59)/t33?,36-,37-,38-,39-,50?/m0/s1. The van der Waals surface area contributed by atoms with Gasteiger partial charge in [-0.05, 0) is 83.8 Å². The zero-order valence-electron chi connectivity index (χ0n) is 41.4. The van der Waals surface area contributed by atoms with Gasteiger partial charge in [0, 0.05) is 43.2 Å². The van der Waals surface area contributed by atoms with Gasteiger partial charge in [0.1, 0.15) is 12.3 Å². The van der Waals surface area contributed by atoms with Crippen molar-refractivity contribution in [1.29, 1.82) is 0 Å². The molecule has 0 bridgehead atoms. The number of aromatic nitrogens is 1. The molecule has 0 aliphatic carbocycles. The molecule has 17 heteroatoms. The van der Waals surface area contributed by atoms with Crippen LogP contribution in [0.3, 0.4) is 0 Å². The zero-order chi connectivity index (χ0) is 50.5. The summed E-state index contributed by atoms with van der Waals surface area (Å²) in [5.74, 6) is -2.96. The molecular weight excluding hydrogens is 849 g/mol. The van der Waals surface area contributed by atoms with E-state index in [9.17, 15) is 14.4 Å². The monoisotopic (exact) mass is 929 g/mol. The molecule has 3 aromatic rings. The molecule has 17 nitrogen and oxygen atoms in total. The predicted molar refractivity (Wildman–Crippen MR) is 268 cm³/mol. The van der Waals surface area contributed by atoms with Crippen molar-refractivity contribution in [2.45, 2.75) is 143 Å². The van der Waals surface area contributed by atoms with Crippen molar-refractivity contribution < 1.29 is 24.0 Å². The number of aromatic amines is 1. The second-order valence-corrected chi connectivity index (χ2v) is 21.1. The second-order valence-electron chi connectivity index (χ2n) is 21.1. The lowest BCUT2D eigenvalue weighted by Crippen LogP contribution is -2.58. The number of aldehydes is 1. The summed E-state index contributed by atoms with van der Waals surface area (Å²) in [6.45, 7) is 18.2. The average molecular weight is 929 g/mol. The number of carbonyl (C=O) groups is 5. The van der Waals surface area contributed by atoms with Crippen LogP contribution in [-0.4, -0.2) is 95.4 Å². The van der Waals surface area contributed by atoms with E-state index in [1.165, 1.54) is 0 Å². The minimum Gasteiger partial charge on any atom is -0.370 e. The van der Waals surface area contributed by atoms with E-state index in [-0.39, 0.29) is 75.5 Å². The van der Waals surface area contributed by atoms with E-state index in [0.29, 0.717) is 19.1 Å². The van der Waals surface area contributed by atoms with E-state index in [2.05, 4.69) is 47.1 Å². The van der Waals surface area contributed by atoms with Gasteiger partial charge in [0.25, 0.3) is 5.91 Å². The lowest BCUT2D eigenvalue weighted by atomic mass is 9.59. The lowest BCUT2D eigenvalue weighted by Gasteiger charge is -2.43. The number of aliphatic imine (C=N–C) groups is 2. The summed E-state index contributed by atoms with van der Waals surface area (Å²) in [6.07, 6.45) is 4.31. The highest BCUT2D eigenvalue weighted by Gasteiger charge is 2.50. The average Bonchev–Trinajstić information content (AvgIpc) is 3.65. The molecule has 0 aliphatic heterocycles. The Kier molecular flexibility index (Phi) is 19.8. The van der Waals surface area contributed by atoms with Crippen LogP contribution < -0.4 is 45.5 Å². The zero-order valence-corrected chi connectivity index (χ0v) is 41.4. The van der Waals surface area contributed by atoms with Crippen molar-refractivity contribution in [3.8, 4) is 0 Å². The number of para-hydroxylation sites is 1. The van der Waals surface area contributed by atoms with Gasteiger partial charge in [-0.1, -0.05) is 111 Å². The number of guanidine groups is 2. The van der Waals surface area contributed by atoms with Gasteiger partial charge in [0.05, 0.1) is 23.5 Å². The Labute approximate surface area is 397 Å². The van der Waals surface area contributed by atoms with E-state index >= 15 is 9.59 Å². The van der Waals surface area contributed by atoms with E-state index < -0.39 is 69.8 Å². The Balaban J connectivity index is 2.13. The van der Waals surface area contributed by atoms with E-state index in [1.807, 2.05) is 90.2 Å². The van der Waals surface area contributed by atoms with Crippen molar-refractivity contribution in [2.75, 3.05) is 19.6 Å². The molecule has 0 radical (unpaired) electrons. The van der Waals surface area contributed by atoms with Gasteiger partial charge in [0.15, 0.2) is 17.7 Å². The first-order valence-electron chi connectivity index (χ1n) is 23.3. The maximum Gasteiger partial charge on any atom is 0.252 e. The number of benzene rings is 2. The number of carbonyl (C=O) groups excluding carboxylic acids is 5. The van der Waals surface area contributed by atoms with Crippen molar-refractivity contribution in [1.82, 2.24) is 15.2 Å². The largest absolute Gasteiger partial charge is 0.370 e. The van der Waals surface area contributed by atoms with Gasteiger partial charge in [-0.3, -0.25) is 34.1 Å². The molecule has 0 aliphatic rings. The highest BCUT2D eigenvalue weighted by atomic mass is 16.2. The van der Waals surface area contributed by atoms with Crippen LogP contribution in [0.25, 0.3) is 10.9 Å². The number of H-pyrrole nitrogens is 1. The first-order valence-corrected chi connectivity index (χ1v) is 23.3. The molecule has 3 amide bonds. The van der Waals surface area contributed by atoms with Crippen LogP contribution in [0.15, 0.2) is 64.7 Å². The minimum atomic E-state index is -1.52. The number of rotatable bonds is 24. The molecule has 3 rings (SSSR count). The van der Waals surface area contributed by atoms with Gasteiger partial charge in [-0.25, -0.2) is 0 Å². The number of Topliss-reactive ketones (excluding diaryl/α,β-unsaturated/α-hetero) is 1. The van der Waals surface area contributed by atoms with Crippen LogP contribution in [0.4, 0.5) is 0 Å². The van der Waals surface area contributed by atoms with E-state index in [0.717, 1.165) is 32.5 Å². The summed E-state index contributed by atoms with van der Waals surface area (Å²) in [5, 5.41) is 3.78. The molecule has 2 aromatic carbocycles. The molecule has 67 heavy (non-hydrogen) atoms. The number of imide groups is 1. The molecule has 1 heterocycles. The van der Waals surface area contributed by atoms with Gasteiger partial charge >= 0.3 is 0 Å². The molecule has 370 valence electrons. The number of nitrogens with zero attached hydrogens (tertiary/aromatic N) is 3. The summed E-state index contributed by atoms with van der Waals surface area (Å²) in [4.78, 5) is 84.4. The number of amides is 3. The molecule has 0 fully saturated rings. The first-order chi connectivity index (χ1) is 31.1. The van der Waals surface area contributed by atoms with Crippen LogP contribution in [0.2, 0.25) is 0 Å². The molecule has 2 unspecified atom stereocenters. The van der Waals surface area contributed by atoms with Crippen LogP contribution in [0.1, 0.15) is 118 Å². The fourth-order valence-electron chi connectivity index (χ4n) is 8.55. The van der Waals surface area contributed by atoms with Crippen molar-refractivity contribution >= 4 is 52.6 Å². The summed E-state index contributed by atoms with van der Waals surface area (Å²) < 4.78 is 0. The fraction of sp³-hybridized carbons (Fsp3) is 0.580. The number of ketones is 1. The van der Waals surface area contributed by atoms with Crippen LogP contribution in [-0.2, 0) is 42.2 Å². The van der Waals surface area contributed by atoms with E-state index in [4.69, 9.17) is 40.1 Å². The molecule has 16 N–H and O–H groups in total. The Bertz CT molecular complexity index is 2190. The molecule has 6 atom stereocenters. The Hall–Kier alpha value is -5.65. The normalized spacial score (nSPS) is 15.3. The summed E-state index contributed by atoms with van der Waals surface area (Å²) in [7, 11) is 0. The van der Waals surface area contributed by atoms with Gasteiger partial charge < -0.3 is 55.2 Å². The number of fused-ring (bicyclic) bond motifs is 1. The minimum absolute atomic E-state index is 0.0389. The highest BCUT2D eigenvalue weighted by Crippen LogP contribution is 2.45. The third-order valence-corrected chi connectivity index (χ3v) is 12.9. The molecule has 0 spiro atoms. The Morgan fingerprint density at radius 2 is 1.31 bits per heavy atom. The summed E-state index contributed by atoms with van der Waals surface area (Å²) >= 11 is 0. The van der Waals surface area contributed by atoms with Gasteiger partial charge in [-0.2, -0.15) is 0 Å². The van der Waals surface area contributed by atoms with E-state index in [1.54, 1.807) is 0 Å². The van der Waals surface area contributed by atoms with Gasteiger partial charge in [0.2, 0.25) is 11.8 Å². The highest BCUT2D eigenvalue weighted by molar-refractivity contribution is 6.03. The van der Waals surface area contributed by atoms with Crippen LogP contribution in [0.5, 0.6) is 0 Å². The molecular formula is C50H80N12O5. The summed E-state index contributed by atoms with van der Waals surface area (Å²) in [5.41, 5.74) is 42.1. The maximum absolute atomic E-state index is 15.3. The number of hydrogen-bond acceptors (Lipinski definition) is 10. The predicted octanol–water partition coefficient (Wildman–Crippen LogP) is 3.42. The first kappa shape index (κ1) is 55.7. The van der Waals surface area contributed by atoms with Crippen LogP contribution >= 0.6 is 0 Å². The number of hydrogen-bond donors (Lipinski definition) is 9. The second kappa shape index (κ2) is 23.9. The van der Waals surface area contributed by atoms with Crippen molar-refractivity contribution in [3.05, 3.63) is 71.4 Å².